The molecule has 0 atom stereocenters. The van der Waals surface area contributed by atoms with Gasteiger partial charge in [-0.2, -0.15) is 5.10 Å². The Morgan fingerprint density at radius 2 is 2.00 bits per heavy atom. The highest BCUT2D eigenvalue weighted by Crippen LogP contribution is 2.42. The summed E-state index contributed by atoms with van der Waals surface area (Å²) in [5.41, 5.74) is 6.62. The first-order chi connectivity index (χ1) is 16.0. The maximum Gasteiger partial charge on any atom is 0.272 e. The van der Waals surface area contributed by atoms with Crippen LogP contribution >= 0.6 is 0 Å². The molecular weight excluding hydrogens is 428 g/mol. The fourth-order valence-electron chi connectivity index (χ4n) is 4.52. The minimum Gasteiger partial charge on any atom is -0.488 e. The summed E-state index contributed by atoms with van der Waals surface area (Å²) in [4.78, 5) is 20.1. The molecule has 0 radical (unpaired) electrons. The number of benzene rings is 2. The Hall–Kier alpha value is -4.01. The van der Waals surface area contributed by atoms with Gasteiger partial charge in [0, 0.05) is 27.9 Å². The number of alkyl halides is 1. The van der Waals surface area contributed by atoms with Gasteiger partial charge in [-0.1, -0.05) is 6.07 Å². The predicted molar refractivity (Wildman–Crippen MR) is 123 cm³/mol. The fraction of sp³-hybridized carbons (Fsp3) is 0.208. The summed E-state index contributed by atoms with van der Waals surface area (Å²) in [6.45, 7) is -0.0825. The lowest BCUT2D eigenvalue weighted by molar-refractivity contribution is 0.0129. The van der Waals surface area contributed by atoms with Crippen LogP contribution in [0.2, 0.25) is 0 Å². The second-order valence-corrected chi connectivity index (χ2v) is 8.49. The van der Waals surface area contributed by atoms with Crippen LogP contribution in [0.3, 0.4) is 0 Å². The summed E-state index contributed by atoms with van der Waals surface area (Å²) in [5, 5.41) is 8.30. The molecule has 0 spiro atoms. The maximum atomic E-state index is 14.7. The van der Waals surface area contributed by atoms with Crippen molar-refractivity contribution in [3.63, 3.8) is 0 Å². The predicted octanol–water partition coefficient (Wildman–Crippen LogP) is 4.61. The molecule has 7 nitrogen and oxygen atoms in total. The van der Waals surface area contributed by atoms with Gasteiger partial charge in [0.15, 0.2) is 0 Å². The third-order valence-corrected chi connectivity index (χ3v) is 6.45. The van der Waals surface area contributed by atoms with Gasteiger partial charge in [0.25, 0.3) is 5.56 Å². The molecule has 0 bridgehead atoms. The van der Waals surface area contributed by atoms with E-state index in [1.807, 2.05) is 0 Å². The van der Waals surface area contributed by atoms with Gasteiger partial charge in [-0.25, -0.2) is 8.78 Å². The van der Waals surface area contributed by atoms with Gasteiger partial charge in [-0.3, -0.25) is 14.9 Å². The number of nitrogens with two attached hydrogens (primary N) is 1. The number of halogens is 2. The molecular formula is C24H19F2N5O2. The lowest BCUT2D eigenvalue weighted by Gasteiger charge is -2.33. The molecule has 0 unspecified atom stereocenters. The Labute approximate surface area is 185 Å². The zero-order chi connectivity index (χ0) is 22.7. The van der Waals surface area contributed by atoms with Crippen LogP contribution in [-0.2, 0) is 0 Å². The maximum absolute atomic E-state index is 14.7. The molecule has 9 heteroatoms. The van der Waals surface area contributed by atoms with Crippen molar-refractivity contribution in [3.8, 4) is 16.9 Å². The molecule has 3 aromatic heterocycles. The molecule has 6 rings (SSSR count). The lowest BCUT2D eigenvalue weighted by atomic mass is 9.83. The summed E-state index contributed by atoms with van der Waals surface area (Å²) in [6, 6.07) is 8.13. The van der Waals surface area contributed by atoms with E-state index in [0.717, 1.165) is 6.42 Å². The van der Waals surface area contributed by atoms with Crippen molar-refractivity contribution in [1.82, 2.24) is 20.2 Å². The van der Waals surface area contributed by atoms with Gasteiger partial charge in [0.2, 0.25) is 0 Å². The van der Waals surface area contributed by atoms with Gasteiger partial charge in [-0.15, -0.1) is 0 Å². The third-order valence-electron chi connectivity index (χ3n) is 6.45. The quantitative estimate of drug-likeness (QED) is 0.349. The van der Waals surface area contributed by atoms with Crippen molar-refractivity contribution in [2.24, 2.45) is 0 Å². The number of aromatic nitrogens is 4. The SMILES string of the molecule is Nc1c(-c2ccc(F)c3[nH]ncc23)c2cc(OCC3(F)CCC3)c3ncccc3c2[nH]c1=O. The summed E-state index contributed by atoms with van der Waals surface area (Å²) in [5.74, 6) is -0.0772. The van der Waals surface area contributed by atoms with Crippen LogP contribution in [0.15, 0.2) is 47.5 Å². The number of hydrogen-bond acceptors (Lipinski definition) is 5. The molecule has 0 saturated heterocycles. The Kier molecular flexibility index (Phi) is 4.17. The minimum absolute atomic E-state index is 0.0215. The first kappa shape index (κ1) is 19.7. The van der Waals surface area contributed by atoms with Gasteiger partial charge in [0.1, 0.15) is 40.6 Å². The van der Waals surface area contributed by atoms with E-state index in [2.05, 4.69) is 20.2 Å². The van der Waals surface area contributed by atoms with E-state index in [1.54, 1.807) is 30.5 Å². The number of pyridine rings is 2. The van der Waals surface area contributed by atoms with E-state index in [0.29, 0.717) is 56.9 Å². The van der Waals surface area contributed by atoms with Crippen LogP contribution in [0.1, 0.15) is 19.3 Å². The molecule has 0 amide bonds. The highest BCUT2D eigenvalue weighted by molar-refractivity contribution is 6.15. The molecule has 4 N–H and O–H groups in total. The monoisotopic (exact) mass is 447 g/mol. The second-order valence-electron chi connectivity index (χ2n) is 8.49. The average molecular weight is 447 g/mol. The van der Waals surface area contributed by atoms with Crippen molar-refractivity contribution >= 4 is 38.4 Å². The smallest absolute Gasteiger partial charge is 0.272 e. The number of nitrogens with one attached hydrogen (secondary N) is 2. The Bertz CT molecular complexity index is 1620. The molecule has 2 aromatic carbocycles. The summed E-state index contributed by atoms with van der Waals surface area (Å²) in [7, 11) is 0. The van der Waals surface area contributed by atoms with Gasteiger partial charge in [-0.05, 0) is 49.1 Å². The van der Waals surface area contributed by atoms with E-state index >= 15 is 0 Å². The van der Waals surface area contributed by atoms with Gasteiger partial charge >= 0.3 is 0 Å². The summed E-state index contributed by atoms with van der Waals surface area (Å²) in [6.07, 6.45) is 4.87. The number of nitrogens with zero attached hydrogens (tertiary/aromatic N) is 2. The number of aromatic amines is 2. The van der Waals surface area contributed by atoms with Crippen molar-refractivity contribution in [1.29, 1.82) is 0 Å². The number of anilines is 1. The van der Waals surface area contributed by atoms with E-state index in [4.69, 9.17) is 10.5 Å². The second kappa shape index (κ2) is 6.99. The standard InChI is InChI=1S/C24H19F2N5O2/c25-16-5-4-12(15-10-29-31-21(15)16)18-14-9-17(33-11-24(26)6-2-7-24)22-13(3-1-8-28-22)20(14)30-23(32)19(18)27/h1,3-5,8-10H,2,6-7,11,27H2,(H,29,31)(H,30,32). The molecule has 3 heterocycles. The molecule has 5 aromatic rings. The minimum atomic E-state index is -1.34. The normalized spacial score (nSPS) is 15.2. The first-order valence-corrected chi connectivity index (χ1v) is 10.6. The van der Waals surface area contributed by atoms with Crippen LogP contribution in [0.5, 0.6) is 5.75 Å². The molecule has 1 aliphatic carbocycles. The highest BCUT2D eigenvalue weighted by Gasteiger charge is 2.38. The Morgan fingerprint density at radius 3 is 2.79 bits per heavy atom. The largest absolute Gasteiger partial charge is 0.488 e. The molecule has 33 heavy (non-hydrogen) atoms. The third kappa shape index (κ3) is 2.95. The van der Waals surface area contributed by atoms with Gasteiger partial charge in [0.05, 0.1) is 11.7 Å². The van der Waals surface area contributed by atoms with Crippen molar-refractivity contribution < 1.29 is 13.5 Å². The first-order valence-electron chi connectivity index (χ1n) is 10.6. The number of ether oxygens (including phenoxy) is 1. The van der Waals surface area contributed by atoms with E-state index < -0.39 is 17.0 Å². The Balaban J connectivity index is 1.67. The van der Waals surface area contributed by atoms with E-state index in [9.17, 15) is 13.6 Å². The van der Waals surface area contributed by atoms with E-state index in [-0.39, 0.29) is 17.8 Å². The number of hydrogen-bond donors (Lipinski definition) is 3. The van der Waals surface area contributed by atoms with Crippen LogP contribution in [0.25, 0.3) is 43.8 Å². The highest BCUT2D eigenvalue weighted by atomic mass is 19.1. The lowest BCUT2D eigenvalue weighted by Crippen LogP contribution is -2.38. The zero-order valence-electron chi connectivity index (χ0n) is 17.4. The van der Waals surface area contributed by atoms with Crippen LogP contribution in [-0.4, -0.2) is 32.4 Å². The van der Waals surface area contributed by atoms with Crippen LogP contribution < -0.4 is 16.0 Å². The van der Waals surface area contributed by atoms with E-state index in [1.165, 1.54) is 12.3 Å². The Morgan fingerprint density at radius 1 is 1.15 bits per heavy atom. The molecule has 0 aliphatic heterocycles. The number of nitrogen functional groups attached to an aromatic ring is 1. The zero-order valence-corrected chi connectivity index (χ0v) is 17.4. The number of rotatable bonds is 4. The summed E-state index contributed by atoms with van der Waals surface area (Å²) >= 11 is 0. The van der Waals surface area contributed by atoms with Crippen LogP contribution in [0, 0.1) is 5.82 Å². The average Bonchev–Trinajstić information content (AvgIpc) is 3.30. The van der Waals surface area contributed by atoms with Crippen molar-refractivity contribution in [2.45, 2.75) is 24.9 Å². The summed E-state index contributed by atoms with van der Waals surface area (Å²) < 4.78 is 34.9. The van der Waals surface area contributed by atoms with Crippen molar-refractivity contribution in [3.05, 3.63) is 58.9 Å². The fourth-order valence-corrected chi connectivity index (χ4v) is 4.52. The molecule has 166 valence electrons. The number of H-pyrrole nitrogens is 2. The molecule has 1 aliphatic rings. The topological polar surface area (TPSA) is 110 Å². The van der Waals surface area contributed by atoms with Gasteiger partial charge < -0.3 is 15.5 Å². The molecule has 1 saturated carbocycles. The van der Waals surface area contributed by atoms with Crippen molar-refractivity contribution in [2.75, 3.05) is 12.3 Å². The number of fused-ring (bicyclic) bond motifs is 4. The molecule has 1 fully saturated rings. The van der Waals surface area contributed by atoms with Crippen LogP contribution in [0.4, 0.5) is 14.5 Å².